The molecule has 0 aliphatic carbocycles. The lowest BCUT2D eigenvalue weighted by Gasteiger charge is -2.05. The van der Waals surface area contributed by atoms with Crippen molar-refractivity contribution in [2.45, 2.75) is 4.90 Å². The van der Waals surface area contributed by atoms with Gasteiger partial charge < -0.3 is 5.11 Å². The Labute approximate surface area is 146 Å². The summed E-state index contributed by atoms with van der Waals surface area (Å²) >= 11 is 6.92. The minimum Gasteiger partial charge on any atom is -0.506 e. The van der Waals surface area contributed by atoms with Gasteiger partial charge in [-0.1, -0.05) is 29.0 Å². The lowest BCUT2D eigenvalue weighted by molar-refractivity contribution is 0.102. The fraction of sp³-hybridized carbons (Fsp3) is 0.0667. The topological polar surface area (TPSA) is 96.4 Å². The highest BCUT2D eigenvalue weighted by Gasteiger charge is 2.16. The SMILES string of the molecule is CS(=O)(=O)c1ccc2nc(NC(=O)c3cccc(Cl)c3O)sc2c1. The van der Waals surface area contributed by atoms with E-state index in [1.54, 1.807) is 12.1 Å². The Kier molecular flexibility index (Phi) is 4.20. The maximum absolute atomic E-state index is 12.2. The highest BCUT2D eigenvalue weighted by molar-refractivity contribution is 7.90. The highest BCUT2D eigenvalue weighted by Crippen LogP contribution is 2.30. The number of hydrogen-bond acceptors (Lipinski definition) is 6. The zero-order valence-electron chi connectivity index (χ0n) is 12.3. The minimum absolute atomic E-state index is 0.0265. The molecule has 2 aromatic carbocycles. The summed E-state index contributed by atoms with van der Waals surface area (Å²) in [5, 5.41) is 12.8. The van der Waals surface area contributed by atoms with Gasteiger partial charge in [0.15, 0.2) is 15.0 Å². The fourth-order valence-electron chi connectivity index (χ4n) is 2.05. The fourth-order valence-corrected chi connectivity index (χ4v) is 3.85. The zero-order chi connectivity index (χ0) is 17.5. The predicted octanol–water partition coefficient (Wildman–Crippen LogP) is 3.31. The van der Waals surface area contributed by atoms with Crippen LogP contribution in [-0.4, -0.2) is 30.7 Å². The van der Waals surface area contributed by atoms with Crippen LogP contribution in [0.25, 0.3) is 10.2 Å². The van der Waals surface area contributed by atoms with E-state index in [2.05, 4.69) is 10.3 Å². The molecule has 1 aromatic heterocycles. The van der Waals surface area contributed by atoms with E-state index in [4.69, 9.17) is 11.6 Å². The number of anilines is 1. The van der Waals surface area contributed by atoms with Crippen molar-refractivity contribution in [1.82, 2.24) is 4.98 Å². The van der Waals surface area contributed by atoms with E-state index >= 15 is 0 Å². The molecule has 9 heteroatoms. The molecule has 0 aliphatic rings. The van der Waals surface area contributed by atoms with Crippen LogP contribution in [0.2, 0.25) is 5.02 Å². The Balaban J connectivity index is 1.93. The maximum atomic E-state index is 12.2. The van der Waals surface area contributed by atoms with Gasteiger partial charge in [-0.05, 0) is 30.3 Å². The molecule has 0 radical (unpaired) electrons. The summed E-state index contributed by atoms with van der Waals surface area (Å²) in [7, 11) is -3.32. The Morgan fingerprint density at radius 1 is 1.29 bits per heavy atom. The first kappa shape index (κ1) is 16.7. The summed E-state index contributed by atoms with van der Waals surface area (Å²) in [4.78, 5) is 16.6. The van der Waals surface area contributed by atoms with Gasteiger partial charge in [0.25, 0.3) is 5.91 Å². The monoisotopic (exact) mass is 382 g/mol. The van der Waals surface area contributed by atoms with Crippen LogP contribution in [-0.2, 0) is 9.84 Å². The van der Waals surface area contributed by atoms with Crippen LogP contribution in [0.15, 0.2) is 41.3 Å². The first-order valence-corrected chi connectivity index (χ1v) is 9.74. The third-order valence-corrected chi connectivity index (χ3v) is 5.59. The average molecular weight is 383 g/mol. The number of carbonyl (C=O) groups is 1. The van der Waals surface area contributed by atoms with E-state index in [-0.39, 0.29) is 21.2 Å². The summed E-state index contributed by atoms with van der Waals surface area (Å²) in [5.74, 6) is -0.866. The van der Waals surface area contributed by atoms with Gasteiger partial charge in [-0.25, -0.2) is 13.4 Å². The van der Waals surface area contributed by atoms with Gasteiger partial charge in [0, 0.05) is 6.26 Å². The Bertz CT molecular complexity index is 1060. The number of thiazole rings is 1. The second-order valence-corrected chi connectivity index (χ2v) is 8.46. The number of phenolic OH excluding ortho intramolecular Hbond substituents is 1. The van der Waals surface area contributed by atoms with Crippen LogP contribution in [0.3, 0.4) is 0 Å². The molecule has 1 heterocycles. The lowest BCUT2D eigenvalue weighted by Crippen LogP contribution is -2.11. The van der Waals surface area contributed by atoms with Gasteiger partial charge in [0.2, 0.25) is 0 Å². The van der Waals surface area contributed by atoms with Crippen molar-refractivity contribution in [1.29, 1.82) is 0 Å². The first-order valence-electron chi connectivity index (χ1n) is 6.65. The van der Waals surface area contributed by atoms with Gasteiger partial charge in [-0.15, -0.1) is 0 Å². The Morgan fingerprint density at radius 2 is 2.04 bits per heavy atom. The van der Waals surface area contributed by atoms with Gasteiger partial charge in [-0.2, -0.15) is 0 Å². The molecule has 0 fully saturated rings. The highest BCUT2D eigenvalue weighted by atomic mass is 35.5. The number of aromatic hydroxyl groups is 1. The van der Waals surface area contributed by atoms with E-state index in [9.17, 15) is 18.3 Å². The summed E-state index contributed by atoms with van der Waals surface area (Å²) in [6, 6.07) is 9.01. The van der Waals surface area contributed by atoms with Gasteiger partial charge in [0.05, 0.1) is 25.7 Å². The summed E-state index contributed by atoms with van der Waals surface area (Å²) in [6.07, 6.45) is 1.12. The molecular formula is C15H11ClN2O4S2. The smallest absolute Gasteiger partial charge is 0.261 e. The number of sulfone groups is 1. The summed E-state index contributed by atoms with van der Waals surface area (Å²) < 4.78 is 23.8. The van der Waals surface area contributed by atoms with Crippen LogP contribution >= 0.6 is 22.9 Å². The largest absolute Gasteiger partial charge is 0.506 e. The molecule has 0 spiro atoms. The molecule has 0 bridgehead atoms. The molecule has 124 valence electrons. The van der Waals surface area contributed by atoms with Crippen molar-refractivity contribution in [3.05, 3.63) is 47.0 Å². The zero-order valence-corrected chi connectivity index (χ0v) is 14.7. The van der Waals surface area contributed by atoms with Crippen LogP contribution in [0, 0.1) is 0 Å². The maximum Gasteiger partial charge on any atom is 0.261 e. The van der Waals surface area contributed by atoms with E-state index in [1.807, 2.05) is 0 Å². The van der Waals surface area contributed by atoms with Crippen LogP contribution < -0.4 is 5.32 Å². The normalized spacial score (nSPS) is 11.6. The van der Waals surface area contributed by atoms with Crippen molar-refractivity contribution in [3.63, 3.8) is 0 Å². The van der Waals surface area contributed by atoms with Crippen LogP contribution in [0.4, 0.5) is 5.13 Å². The molecule has 0 aliphatic heterocycles. The number of carbonyl (C=O) groups excluding carboxylic acids is 1. The van der Waals surface area contributed by atoms with E-state index in [1.165, 1.54) is 24.3 Å². The average Bonchev–Trinajstić information content (AvgIpc) is 2.90. The number of para-hydroxylation sites is 1. The first-order chi connectivity index (χ1) is 11.3. The molecule has 2 N–H and O–H groups in total. The molecule has 0 unspecified atom stereocenters. The second-order valence-electron chi connectivity index (χ2n) is 5.01. The molecule has 6 nitrogen and oxygen atoms in total. The number of rotatable bonds is 3. The van der Waals surface area contributed by atoms with Crippen molar-refractivity contribution in [2.75, 3.05) is 11.6 Å². The third-order valence-electron chi connectivity index (χ3n) is 3.24. The third kappa shape index (κ3) is 3.21. The molecule has 1 amide bonds. The number of halogens is 1. The number of fused-ring (bicyclic) bond motifs is 1. The standard InChI is InChI=1S/C15H11ClN2O4S2/c1-24(21,22)8-5-6-11-12(7-8)23-15(17-11)18-14(20)9-3-2-4-10(16)13(9)19/h2-7,19H,1H3,(H,17,18,20). The summed E-state index contributed by atoms with van der Waals surface area (Å²) in [5.41, 5.74) is 0.594. The lowest BCUT2D eigenvalue weighted by atomic mass is 10.2. The molecular weight excluding hydrogens is 372 g/mol. The second kappa shape index (κ2) is 6.04. The number of amides is 1. The number of nitrogens with zero attached hydrogens (tertiary/aromatic N) is 1. The Hall–Kier alpha value is -2.16. The molecule has 0 saturated carbocycles. The molecule has 3 aromatic rings. The van der Waals surface area contributed by atoms with Crippen molar-refractivity contribution in [2.24, 2.45) is 0 Å². The quantitative estimate of drug-likeness (QED) is 0.724. The molecule has 3 rings (SSSR count). The van der Waals surface area contributed by atoms with E-state index in [0.717, 1.165) is 17.6 Å². The van der Waals surface area contributed by atoms with E-state index in [0.29, 0.717) is 15.3 Å². The molecule has 24 heavy (non-hydrogen) atoms. The number of hydrogen-bond donors (Lipinski definition) is 2. The van der Waals surface area contributed by atoms with Crippen LogP contribution in [0.1, 0.15) is 10.4 Å². The summed E-state index contributed by atoms with van der Waals surface area (Å²) in [6.45, 7) is 0. The number of benzene rings is 2. The minimum atomic E-state index is -3.32. The van der Waals surface area contributed by atoms with Crippen LogP contribution in [0.5, 0.6) is 5.75 Å². The molecule has 0 saturated heterocycles. The van der Waals surface area contributed by atoms with Crippen molar-refractivity contribution >= 4 is 54.0 Å². The van der Waals surface area contributed by atoms with Gasteiger partial charge >= 0.3 is 0 Å². The van der Waals surface area contributed by atoms with Gasteiger partial charge in [0.1, 0.15) is 5.75 Å². The van der Waals surface area contributed by atoms with Crippen molar-refractivity contribution < 1.29 is 18.3 Å². The number of phenols is 1. The number of aromatic nitrogens is 1. The van der Waals surface area contributed by atoms with E-state index < -0.39 is 15.7 Å². The van der Waals surface area contributed by atoms with Crippen molar-refractivity contribution in [3.8, 4) is 5.75 Å². The van der Waals surface area contributed by atoms with Gasteiger partial charge in [-0.3, -0.25) is 10.1 Å². The predicted molar refractivity (Wildman–Crippen MR) is 93.8 cm³/mol. The molecule has 0 atom stereocenters. The Morgan fingerprint density at radius 3 is 2.75 bits per heavy atom. The number of nitrogens with one attached hydrogen (secondary N) is 1.